The molecule has 0 aromatic heterocycles. The maximum Gasteiger partial charge on any atom is 0.293 e. The van der Waals surface area contributed by atoms with Gasteiger partial charge in [-0.3, -0.25) is 19.3 Å². The highest BCUT2D eigenvalue weighted by molar-refractivity contribution is 8.18. The van der Waals surface area contributed by atoms with Crippen molar-refractivity contribution in [2.75, 3.05) is 5.32 Å². The molecule has 3 amide bonds. The molecule has 2 aromatic rings. The van der Waals surface area contributed by atoms with Gasteiger partial charge in [-0.2, -0.15) is 0 Å². The number of hydrogen-bond acceptors (Lipinski definition) is 4. The summed E-state index contributed by atoms with van der Waals surface area (Å²) in [5.74, 6) is -0.481. The molecule has 5 nitrogen and oxygen atoms in total. The van der Waals surface area contributed by atoms with Crippen LogP contribution in [0.5, 0.6) is 0 Å². The van der Waals surface area contributed by atoms with Crippen LogP contribution in [0.25, 0.3) is 6.08 Å². The number of benzene rings is 2. The van der Waals surface area contributed by atoms with Crippen LogP contribution in [0, 0.1) is 0 Å². The zero-order valence-electron chi connectivity index (χ0n) is 13.9. The summed E-state index contributed by atoms with van der Waals surface area (Å²) in [4.78, 5) is 37.4. The number of thioether (sulfide) groups is 1. The number of halogens is 1. The van der Waals surface area contributed by atoms with Crippen molar-refractivity contribution in [2.45, 2.75) is 13.5 Å². The molecule has 1 aliphatic heterocycles. The van der Waals surface area contributed by atoms with Crippen molar-refractivity contribution in [1.29, 1.82) is 0 Å². The molecule has 2 aromatic carbocycles. The number of nitrogens with one attached hydrogen (secondary N) is 1. The van der Waals surface area contributed by atoms with Crippen molar-refractivity contribution < 1.29 is 14.4 Å². The molecule has 3 rings (SSSR count). The number of amides is 3. The van der Waals surface area contributed by atoms with E-state index in [9.17, 15) is 14.4 Å². The lowest BCUT2D eigenvalue weighted by atomic mass is 10.2. The molecule has 0 radical (unpaired) electrons. The monoisotopic (exact) mass is 386 g/mol. The molecule has 0 aliphatic carbocycles. The van der Waals surface area contributed by atoms with Crippen LogP contribution in [-0.2, 0) is 16.1 Å². The van der Waals surface area contributed by atoms with Gasteiger partial charge >= 0.3 is 0 Å². The summed E-state index contributed by atoms with van der Waals surface area (Å²) >= 11 is 6.86. The van der Waals surface area contributed by atoms with Gasteiger partial charge in [0.15, 0.2) is 0 Å². The van der Waals surface area contributed by atoms with E-state index in [1.807, 2.05) is 6.07 Å². The highest BCUT2D eigenvalue weighted by Gasteiger charge is 2.34. The fourth-order valence-electron chi connectivity index (χ4n) is 2.47. The molecule has 1 N–H and O–H groups in total. The van der Waals surface area contributed by atoms with Crippen LogP contribution in [0.3, 0.4) is 0 Å². The van der Waals surface area contributed by atoms with Crippen molar-refractivity contribution in [3.8, 4) is 0 Å². The van der Waals surface area contributed by atoms with Gasteiger partial charge in [-0.15, -0.1) is 0 Å². The van der Waals surface area contributed by atoms with Gasteiger partial charge in [0, 0.05) is 17.6 Å². The molecular weight excluding hydrogens is 372 g/mol. The van der Waals surface area contributed by atoms with Crippen molar-refractivity contribution in [3.05, 3.63) is 69.6 Å². The Hall–Kier alpha value is -2.57. The average Bonchev–Trinajstić information content (AvgIpc) is 2.84. The predicted octanol–water partition coefficient (Wildman–Crippen LogP) is 4.53. The van der Waals surface area contributed by atoms with E-state index in [0.29, 0.717) is 15.6 Å². The lowest BCUT2D eigenvalue weighted by Gasteiger charge is -2.12. The number of rotatable bonds is 4. The number of imide groups is 1. The summed E-state index contributed by atoms with van der Waals surface area (Å²) in [7, 11) is 0. The third-order valence-electron chi connectivity index (χ3n) is 3.63. The molecular formula is C19H15ClN2O3S. The largest absolute Gasteiger partial charge is 0.326 e. The Bertz CT molecular complexity index is 909. The minimum absolute atomic E-state index is 0.153. The van der Waals surface area contributed by atoms with Gasteiger partial charge in [0.25, 0.3) is 11.1 Å². The highest BCUT2D eigenvalue weighted by Crippen LogP contribution is 2.33. The van der Waals surface area contributed by atoms with E-state index in [4.69, 9.17) is 11.6 Å². The zero-order valence-corrected chi connectivity index (χ0v) is 15.4. The van der Waals surface area contributed by atoms with Crippen molar-refractivity contribution in [3.63, 3.8) is 0 Å². The molecule has 1 fully saturated rings. The van der Waals surface area contributed by atoms with E-state index in [1.165, 1.54) is 11.8 Å². The smallest absolute Gasteiger partial charge is 0.293 e. The standard InChI is InChI=1S/C19H15ClN2O3S/c1-12(23)21-16-7-5-13(6-8-16)10-17-18(24)22(19(25)26-17)11-14-3-2-4-15(20)9-14/h2-10H,11H2,1H3,(H,21,23)/b17-10-. The summed E-state index contributed by atoms with van der Waals surface area (Å²) in [6.07, 6.45) is 1.67. The molecule has 1 heterocycles. The summed E-state index contributed by atoms with van der Waals surface area (Å²) in [5.41, 5.74) is 2.23. The number of hydrogen-bond donors (Lipinski definition) is 1. The van der Waals surface area contributed by atoms with E-state index in [1.54, 1.807) is 48.5 Å². The normalized spacial score (nSPS) is 15.6. The van der Waals surface area contributed by atoms with Crippen LogP contribution in [0.1, 0.15) is 18.1 Å². The molecule has 0 bridgehead atoms. The second kappa shape index (κ2) is 7.76. The molecule has 0 saturated carbocycles. The Morgan fingerprint density at radius 3 is 2.58 bits per heavy atom. The highest BCUT2D eigenvalue weighted by atomic mass is 35.5. The number of carbonyl (C=O) groups is 3. The number of anilines is 1. The van der Waals surface area contributed by atoms with Gasteiger partial charge < -0.3 is 5.32 Å². The Balaban J connectivity index is 1.75. The fraction of sp³-hybridized carbons (Fsp3) is 0.105. The molecule has 7 heteroatoms. The zero-order chi connectivity index (χ0) is 18.7. The van der Waals surface area contributed by atoms with Crippen molar-refractivity contribution in [2.24, 2.45) is 0 Å². The third-order valence-corrected chi connectivity index (χ3v) is 4.77. The van der Waals surface area contributed by atoms with Crippen LogP contribution in [0.15, 0.2) is 53.4 Å². The minimum atomic E-state index is -0.328. The second-order valence-corrected chi connectivity index (χ2v) is 7.13. The number of nitrogens with zero attached hydrogens (tertiary/aromatic N) is 1. The SMILES string of the molecule is CC(=O)Nc1ccc(/C=C2\SC(=O)N(Cc3cccc(Cl)c3)C2=O)cc1. The van der Waals surface area contributed by atoms with Gasteiger partial charge in [0.1, 0.15) is 0 Å². The van der Waals surface area contributed by atoms with Crippen molar-refractivity contribution in [1.82, 2.24) is 4.90 Å². The summed E-state index contributed by atoms with van der Waals surface area (Å²) in [6, 6.07) is 14.1. The Kier molecular flexibility index (Phi) is 5.44. The van der Waals surface area contributed by atoms with Crippen LogP contribution >= 0.6 is 23.4 Å². The molecule has 26 heavy (non-hydrogen) atoms. The Labute approximate surface area is 160 Å². The first-order valence-corrected chi connectivity index (χ1v) is 8.99. The van der Waals surface area contributed by atoms with Crippen molar-refractivity contribution >= 4 is 52.2 Å². The minimum Gasteiger partial charge on any atom is -0.326 e. The first kappa shape index (κ1) is 18.2. The summed E-state index contributed by atoms with van der Waals surface area (Å²) < 4.78 is 0. The van der Waals surface area contributed by atoms with Gasteiger partial charge in [-0.25, -0.2) is 0 Å². The first-order chi connectivity index (χ1) is 12.4. The molecule has 0 spiro atoms. The molecule has 0 atom stereocenters. The van der Waals surface area contributed by atoms with Gasteiger partial charge in [0.2, 0.25) is 5.91 Å². The summed E-state index contributed by atoms with van der Waals surface area (Å²) in [6.45, 7) is 1.62. The average molecular weight is 387 g/mol. The second-order valence-electron chi connectivity index (χ2n) is 5.70. The first-order valence-electron chi connectivity index (χ1n) is 7.80. The molecule has 132 valence electrons. The Morgan fingerprint density at radius 1 is 1.19 bits per heavy atom. The van der Waals surface area contributed by atoms with Crippen LogP contribution in [0.4, 0.5) is 10.5 Å². The van der Waals surface area contributed by atoms with E-state index in [-0.39, 0.29) is 23.6 Å². The maximum atomic E-state index is 12.5. The third kappa shape index (κ3) is 4.33. The number of carbonyl (C=O) groups excluding carboxylic acids is 3. The van der Waals surface area contributed by atoms with Crippen LogP contribution < -0.4 is 5.32 Å². The predicted molar refractivity (Wildman–Crippen MR) is 104 cm³/mol. The van der Waals surface area contributed by atoms with Gasteiger partial charge in [0.05, 0.1) is 11.4 Å². The van der Waals surface area contributed by atoms with Gasteiger partial charge in [-0.05, 0) is 53.2 Å². The Morgan fingerprint density at radius 2 is 1.92 bits per heavy atom. The van der Waals surface area contributed by atoms with E-state index >= 15 is 0 Å². The quantitative estimate of drug-likeness (QED) is 0.783. The van der Waals surface area contributed by atoms with E-state index in [2.05, 4.69) is 5.32 Å². The van der Waals surface area contributed by atoms with Crippen LogP contribution in [-0.4, -0.2) is 22.0 Å². The molecule has 1 aliphatic rings. The topological polar surface area (TPSA) is 66.5 Å². The van der Waals surface area contributed by atoms with Crippen LogP contribution in [0.2, 0.25) is 5.02 Å². The maximum absolute atomic E-state index is 12.5. The summed E-state index contributed by atoms with van der Waals surface area (Å²) in [5, 5.41) is 2.93. The van der Waals surface area contributed by atoms with Gasteiger partial charge in [-0.1, -0.05) is 35.9 Å². The lowest BCUT2D eigenvalue weighted by Crippen LogP contribution is -2.27. The van der Waals surface area contributed by atoms with E-state index < -0.39 is 0 Å². The molecule has 0 unspecified atom stereocenters. The fourth-order valence-corrected chi connectivity index (χ4v) is 3.52. The molecule has 1 saturated heterocycles. The lowest BCUT2D eigenvalue weighted by molar-refractivity contribution is -0.123. The van der Waals surface area contributed by atoms with E-state index in [0.717, 1.165) is 22.9 Å².